The Labute approximate surface area is 108 Å². The van der Waals surface area contributed by atoms with E-state index in [4.69, 9.17) is 5.73 Å². The number of amides is 1. The first-order chi connectivity index (χ1) is 9.06. The van der Waals surface area contributed by atoms with E-state index in [9.17, 15) is 14.0 Å². The summed E-state index contributed by atoms with van der Waals surface area (Å²) in [6, 6.07) is 8.52. The number of hydrogen-bond donors (Lipinski definition) is 2. The average molecular weight is 261 g/mol. The lowest BCUT2D eigenvalue weighted by molar-refractivity contribution is -0.116. The molecule has 1 heterocycles. The fourth-order valence-corrected chi connectivity index (χ4v) is 1.58. The van der Waals surface area contributed by atoms with E-state index in [-0.39, 0.29) is 17.8 Å². The lowest BCUT2D eigenvalue weighted by Gasteiger charge is -2.08. The van der Waals surface area contributed by atoms with Gasteiger partial charge < -0.3 is 15.6 Å². The SMILES string of the molecule is Nc1ccc(=O)n(CC(=O)Nc2ccccc2F)c1. The monoisotopic (exact) mass is 261 g/mol. The van der Waals surface area contributed by atoms with Gasteiger partial charge in [0.15, 0.2) is 0 Å². The van der Waals surface area contributed by atoms with Gasteiger partial charge in [-0.15, -0.1) is 0 Å². The van der Waals surface area contributed by atoms with Gasteiger partial charge in [0.1, 0.15) is 12.4 Å². The molecule has 0 fully saturated rings. The Morgan fingerprint density at radius 3 is 2.74 bits per heavy atom. The molecular formula is C13H12FN3O2. The molecule has 0 bridgehead atoms. The molecule has 1 amide bonds. The van der Waals surface area contributed by atoms with Crippen molar-refractivity contribution in [2.45, 2.75) is 6.54 Å². The first-order valence-electron chi connectivity index (χ1n) is 5.56. The summed E-state index contributed by atoms with van der Waals surface area (Å²) < 4.78 is 14.5. The molecule has 0 unspecified atom stereocenters. The fraction of sp³-hybridized carbons (Fsp3) is 0.0769. The summed E-state index contributed by atoms with van der Waals surface area (Å²) in [5, 5.41) is 2.39. The van der Waals surface area contributed by atoms with Gasteiger partial charge in [0.25, 0.3) is 5.56 Å². The molecule has 3 N–H and O–H groups in total. The number of para-hydroxylation sites is 1. The predicted octanol–water partition coefficient (Wildman–Crippen LogP) is 1.21. The maximum atomic E-state index is 13.3. The van der Waals surface area contributed by atoms with Crippen molar-refractivity contribution in [1.29, 1.82) is 0 Å². The molecule has 98 valence electrons. The highest BCUT2D eigenvalue weighted by Crippen LogP contribution is 2.12. The molecule has 0 aliphatic rings. The van der Waals surface area contributed by atoms with Crippen molar-refractivity contribution < 1.29 is 9.18 Å². The van der Waals surface area contributed by atoms with Crippen molar-refractivity contribution in [2.75, 3.05) is 11.1 Å². The number of nitrogens with two attached hydrogens (primary N) is 1. The summed E-state index contributed by atoms with van der Waals surface area (Å²) in [5.74, 6) is -1.03. The molecule has 0 radical (unpaired) electrons. The zero-order valence-electron chi connectivity index (χ0n) is 9.97. The zero-order chi connectivity index (χ0) is 13.8. The van der Waals surface area contributed by atoms with E-state index >= 15 is 0 Å². The number of nitrogen functional groups attached to an aromatic ring is 1. The molecule has 0 spiro atoms. The number of rotatable bonds is 3. The Morgan fingerprint density at radius 2 is 2.00 bits per heavy atom. The van der Waals surface area contributed by atoms with Crippen LogP contribution >= 0.6 is 0 Å². The number of carbonyl (C=O) groups is 1. The van der Waals surface area contributed by atoms with Gasteiger partial charge in [-0.25, -0.2) is 4.39 Å². The van der Waals surface area contributed by atoms with E-state index in [2.05, 4.69) is 5.32 Å². The lowest BCUT2D eigenvalue weighted by atomic mass is 10.3. The Morgan fingerprint density at radius 1 is 1.26 bits per heavy atom. The van der Waals surface area contributed by atoms with Crippen molar-refractivity contribution in [3.05, 3.63) is 58.8 Å². The van der Waals surface area contributed by atoms with Crippen LogP contribution in [0.15, 0.2) is 47.4 Å². The summed E-state index contributed by atoms with van der Waals surface area (Å²) in [6.45, 7) is -0.224. The summed E-state index contributed by atoms with van der Waals surface area (Å²) in [6.07, 6.45) is 1.36. The molecular weight excluding hydrogens is 249 g/mol. The second-order valence-electron chi connectivity index (χ2n) is 3.96. The molecule has 19 heavy (non-hydrogen) atoms. The topological polar surface area (TPSA) is 77.1 Å². The van der Waals surface area contributed by atoms with Crippen molar-refractivity contribution >= 4 is 17.3 Å². The van der Waals surface area contributed by atoms with Crippen LogP contribution in [-0.2, 0) is 11.3 Å². The zero-order valence-corrected chi connectivity index (χ0v) is 9.97. The lowest BCUT2D eigenvalue weighted by Crippen LogP contribution is -2.27. The van der Waals surface area contributed by atoms with E-state index < -0.39 is 11.7 Å². The van der Waals surface area contributed by atoms with Crippen LogP contribution in [0, 0.1) is 5.82 Å². The Hall–Kier alpha value is -2.63. The highest BCUT2D eigenvalue weighted by atomic mass is 19.1. The molecule has 5 nitrogen and oxygen atoms in total. The molecule has 2 rings (SSSR count). The summed E-state index contributed by atoms with van der Waals surface area (Å²) >= 11 is 0. The van der Waals surface area contributed by atoms with Gasteiger partial charge in [-0.3, -0.25) is 9.59 Å². The number of aromatic nitrogens is 1. The third-order valence-corrected chi connectivity index (χ3v) is 2.47. The van der Waals surface area contributed by atoms with E-state index in [1.807, 2.05) is 0 Å². The van der Waals surface area contributed by atoms with Crippen molar-refractivity contribution in [3.63, 3.8) is 0 Å². The Kier molecular flexibility index (Phi) is 3.61. The first-order valence-corrected chi connectivity index (χ1v) is 5.56. The van der Waals surface area contributed by atoms with E-state index in [0.717, 1.165) is 4.57 Å². The largest absolute Gasteiger partial charge is 0.398 e. The van der Waals surface area contributed by atoms with Gasteiger partial charge in [-0.1, -0.05) is 12.1 Å². The number of hydrogen-bond acceptors (Lipinski definition) is 3. The highest BCUT2D eigenvalue weighted by molar-refractivity contribution is 5.90. The van der Waals surface area contributed by atoms with Crippen molar-refractivity contribution in [2.24, 2.45) is 0 Å². The molecule has 1 aromatic carbocycles. The minimum atomic E-state index is -0.532. The van der Waals surface area contributed by atoms with Crippen LogP contribution in [0.25, 0.3) is 0 Å². The molecule has 0 atom stereocenters. The third-order valence-electron chi connectivity index (χ3n) is 2.47. The smallest absolute Gasteiger partial charge is 0.251 e. The number of anilines is 2. The van der Waals surface area contributed by atoms with Crippen LogP contribution in [-0.4, -0.2) is 10.5 Å². The van der Waals surface area contributed by atoms with Crippen LogP contribution in [0.3, 0.4) is 0 Å². The standard InChI is InChI=1S/C13H12FN3O2/c14-10-3-1-2-4-11(10)16-12(18)8-17-7-9(15)5-6-13(17)19/h1-7H,8,15H2,(H,16,18). The van der Waals surface area contributed by atoms with E-state index in [1.165, 1.54) is 36.5 Å². The number of pyridine rings is 1. The minimum Gasteiger partial charge on any atom is -0.398 e. The van der Waals surface area contributed by atoms with Crippen LogP contribution in [0.5, 0.6) is 0 Å². The quantitative estimate of drug-likeness (QED) is 0.871. The number of nitrogens with one attached hydrogen (secondary N) is 1. The Balaban J connectivity index is 2.12. The molecule has 6 heteroatoms. The van der Waals surface area contributed by atoms with E-state index in [0.29, 0.717) is 5.69 Å². The molecule has 0 saturated heterocycles. The van der Waals surface area contributed by atoms with Gasteiger partial charge in [0.2, 0.25) is 5.91 Å². The summed E-state index contributed by atoms with van der Waals surface area (Å²) in [7, 11) is 0. The van der Waals surface area contributed by atoms with Gasteiger partial charge >= 0.3 is 0 Å². The summed E-state index contributed by atoms with van der Waals surface area (Å²) in [4.78, 5) is 23.2. The normalized spacial score (nSPS) is 10.2. The van der Waals surface area contributed by atoms with Crippen LogP contribution < -0.4 is 16.6 Å². The highest BCUT2D eigenvalue weighted by Gasteiger charge is 2.08. The number of halogens is 1. The fourth-order valence-electron chi connectivity index (χ4n) is 1.58. The Bertz CT molecular complexity index is 667. The van der Waals surface area contributed by atoms with Gasteiger partial charge in [-0.2, -0.15) is 0 Å². The number of benzene rings is 1. The molecule has 0 aliphatic carbocycles. The third kappa shape index (κ3) is 3.19. The molecule has 0 aliphatic heterocycles. The maximum Gasteiger partial charge on any atom is 0.251 e. The minimum absolute atomic E-state index is 0.0736. The van der Waals surface area contributed by atoms with Crippen LogP contribution in [0.2, 0.25) is 0 Å². The molecule has 1 aromatic heterocycles. The number of nitrogens with zero attached hydrogens (tertiary/aromatic N) is 1. The molecule has 0 saturated carbocycles. The van der Waals surface area contributed by atoms with Gasteiger partial charge in [0, 0.05) is 18.0 Å². The first kappa shape index (κ1) is 12.8. The second kappa shape index (κ2) is 5.34. The van der Waals surface area contributed by atoms with E-state index in [1.54, 1.807) is 6.07 Å². The maximum absolute atomic E-state index is 13.3. The van der Waals surface area contributed by atoms with Crippen LogP contribution in [0.1, 0.15) is 0 Å². The van der Waals surface area contributed by atoms with Crippen molar-refractivity contribution in [1.82, 2.24) is 4.57 Å². The second-order valence-corrected chi connectivity index (χ2v) is 3.96. The van der Waals surface area contributed by atoms with Gasteiger partial charge in [-0.05, 0) is 18.2 Å². The van der Waals surface area contributed by atoms with Gasteiger partial charge in [0.05, 0.1) is 5.69 Å². The van der Waals surface area contributed by atoms with Crippen LogP contribution in [0.4, 0.5) is 15.8 Å². The summed E-state index contributed by atoms with van der Waals surface area (Å²) in [5.41, 5.74) is 5.63. The average Bonchev–Trinajstić information content (AvgIpc) is 2.37. The molecule has 2 aromatic rings. The predicted molar refractivity (Wildman–Crippen MR) is 70.1 cm³/mol. The number of carbonyl (C=O) groups excluding carboxylic acids is 1. The van der Waals surface area contributed by atoms with Crippen molar-refractivity contribution in [3.8, 4) is 0 Å².